The first kappa shape index (κ1) is 16.1. The maximum absolute atomic E-state index is 13.0. The van der Waals surface area contributed by atoms with Crippen molar-refractivity contribution in [2.24, 2.45) is 7.05 Å². The number of methoxy groups -OCH3 is 1. The summed E-state index contributed by atoms with van der Waals surface area (Å²) in [5.74, 6) is 1.68. The second kappa shape index (κ2) is 5.71. The molecule has 0 spiro atoms. The van der Waals surface area contributed by atoms with Gasteiger partial charge in [-0.05, 0) is 29.9 Å². The van der Waals surface area contributed by atoms with Crippen LogP contribution in [0.4, 0.5) is 0 Å². The molecule has 0 saturated heterocycles. The largest absolute Gasteiger partial charge is 0.497 e. The highest BCUT2D eigenvalue weighted by molar-refractivity contribution is 7.99. The zero-order valence-corrected chi connectivity index (χ0v) is 15.1. The van der Waals surface area contributed by atoms with Gasteiger partial charge in [0.2, 0.25) is 0 Å². The number of aromatic nitrogens is 2. The fraction of sp³-hybridized carbons (Fsp3) is 0.444. The molecule has 1 aromatic heterocycles. The van der Waals surface area contributed by atoms with Gasteiger partial charge < -0.3 is 4.74 Å². The molecule has 0 amide bonds. The number of hydrogen-bond acceptors (Lipinski definition) is 4. The van der Waals surface area contributed by atoms with Crippen LogP contribution in [0.3, 0.4) is 0 Å². The van der Waals surface area contributed by atoms with E-state index in [9.17, 15) is 4.79 Å². The normalized spacial score (nSPS) is 15.0. The van der Waals surface area contributed by atoms with Crippen LogP contribution in [0.2, 0.25) is 0 Å². The molecule has 1 heterocycles. The molecule has 0 atom stereocenters. The topological polar surface area (TPSA) is 44.1 Å². The third-order valence-electron chi connectivity index (χ3n) is 4.40. The Balaban J connectivity index is 2.35. The van der Waals surface area contributed by atoms with Crippen LogP contribution < -0.4 is 10.3 Å². The SMILES string of the molecule is CCSc1nc2c(c(=O)n1C)C(C)(C)Cc1ccc(OC)cc1-2. The van der Waals surface area contributed by atoms with Gasteiger partial charge in [-0.25, -0.2) is 4.98 Å². The second-order valence-electron chi connectivity index (χ2n) is 6.50. The standard InChI is InChI=1S/C18H22N2O2S/c1-6-23-17-19-15-13-9-12(22-5)8-7-11(13)10-18(2,3)14(15)16(21)20(17)4/h7-9H,6,10H2,1-5H3. The molecule has 122 valence electrons. The summed E-state index contributed by atoms with van der Waals surface area (Å²) in [5, 5.41) is 0.766. The van der Waals surface area contributed by atoms with Gasteiger partial charge in [0.05, 0.1) is 12.8 Å². The van der Waals surface area contributed by atoms with Crippen LogP contribution in [-0.4, -0.2) is 22.4 Å². The minimum absolute atomic E-state index is 0.0596. The highest BCUT2D eigenvalue weighted by Crippen LogP contribution is 2.42. The zero-order valence-electron chi connectivity index (χ0n) is 14.3. The van der Waals surface area contributed by atoms with E-state index in [1.165, 1.54) is 5.56 Å². The lowest BCUT2D eigenvalue weighted by atomic mass is 9.72. The summed E-state index contributed by atoms with van der Waals surface area (Å²) >= 11 is 1.59. The molecule has 1 aromatic carbocycles. The quantitative estimate of drug-likeness (QED) is 0.639. The van der Waals surface area contributed by atoms with Gasteiger partial charge in [-0.1, -0.05) is 38.6 Å². The lowest BCUT2D eigenvalue weighted by Gasteiger charge is -2.33. The van der Waals surface area contributed by atoms with Gasteiger partial charge in [0.25, 0.3) is 5.56 Å². The Hall–Kier alpha value is -1.75. The predicted octanol–water partition coefficient (Wildman–Crippen LogP) is 3.40. The van der Waals surface area contributed by atoms with E-state index in [4.69, 9.17) is 9.72 Å². The van der Waals surface area contributed by atoms with Crippen molar-refractivity contribution in [2.75, 3.05) is 12.9 Å². The van der Waals surface area contributed by atoms with Gasteiger partial charge in [0, 0.05) is 23.6 Å². The molecule has 1 aliphatic rings. The van der Waals surface area contributed by atoms with E-state index < -0.39 is 0 Å². The molecule has 5 heteroatoms. The number of benzene rings is 1. The van der Waals surface area contributed by atoms with E-state index in [2.05, 4.69) is 26.8 Å². The Morgan fingerprint density at radius 3 is 2.78 bits per heavy atom. The Labute approximate surface area is 140 Å². The summed E-state index contributed by atoms with van der Waals surface area (Å²) in [6.45, 7) is 6.31. The first-order chi connectivity index (χ1) is 10.9. The summed E-state index contributed by atoms with van der Waals surface area (Å²) < 4.78 is 7.04. The number of nitrogens with zero attached hydrogens (tertiary/aromatic N) is 2. The average molecular weight is 330 g/mol. The van der Waals surface area contributed by atoms with E-state index in [0.717, 1.165) is 39.9 Å². The van der Waals surface area contributed by atoms with Crippen molar-refractivity contribution < 1.29 is 4.74 Å². The fourth-order valence-electron chi connectivity index (χ4n) is 3.27. The average Bonchev–Trinajstić information content (AvgIpc) is 2.51. The van der Waals surface area contributed by atoms with E-state index in [-0.39, 0.29) is 11.0 Å². The first-order valence-electron chi connectivity index (χ1n) is 7.80. The van der Waals surface area contributed by atoms with Crippen LogP contribution in [0.1, 0.15) is 31.9 Å². The van der Waals surface area contributed by atoms with Gasteiger partial charge in [0.1, 0.15) is 5.75 Å². The van der Waals surface area contributed by atoms with Gasteiger partial charge >= 0.3 is 0 Å². The Bertz CT molecular complexity index is 825. The van der Waals surface area contributed by atoms with Crippen LogP contribution in [-0.2, 0) is 18.9 Å². The van der Waals surface area contributed by atoms with Gasteiger partial charge in [0.15, 0.2) is 5.16 Å². The van der Waals surface area contributed by atoms with Gasteiger partial charge in [-0.15, -0.1) is 0 Å². The van der Waals surface area contributed by atoms with Crippen LogP contribution in [0.15, 0.2) is 28.2 Å². The van der Waals surface area contributed by atoms with Crippen LogP contribution in [0, 0.1) is 0 Å². The molecule has 0 bridgehead atoms. The molecule has 3 rings (SSSR count). The lowest BCUT2D eigenvalue weighted by Crippen LogP contribution is -2.37. The van der Waals surface area contributed by atoms with E-state index in [1.807, 2.05) is 19.2 Å². The maximum Gasteiger partial charge on any atom is 0.258 e. The molecule has 0 unspecified atom stereocenters. The van der Waals surface area contributed by atoms with Crippen LogP contribution >= 0.6 is 11.8 Å². The monoisotopic (exact) mass is 330 g/mol. The minimum atomic E-state index is -0.228. The Kier molecular flexibility index (Phi) is 4.00. The molecular weight excluding hydrogens is 308 g/mol. The van der Waals surface area contributed by atoms with Crippen LogP contribution in [0.25, 0.3) is 11.3 Å². The number of fused-ring (bicyclic) bond motifs is 3. The molecule has 0 N–H and O–H groups in total. The number of ether oxygens (including phenoxy) is 1. The second-order valence-corrected chi connectivity index (χ2v) is 7.73. The fourth-order valence-corrected chi connectivity index (χ4v) is 3.96. The van der Waals surface area contributed by atoms with Crippen molar-refractivity contribution in [2.45, 2.75) is 37.8 Å². The van der Waals surface area contributed by atoms with E-state index >= 15 is 0 Å². The summed E-state index contributed by atoms with van der Waals surface area (Å²) in [5.41, 5.74) is 3.69. The molecular formula is C18H22N2O2S. The summed E-state index contributed by atoms with van der Waals surface area (Å²) in [6, 6.07) is 6.06. The molecule has 4 nitrogen and oxygen atoms in total. The highest BCUT2D eigenvalue weighted by atomic mass is 32.2. The third-order valence-corrected chi connectivity index (χ3v) is 5.32. The first-order valence-corrected chi connectivity index (χ1v) is 8.79. The number of hydrogen-bond donors (Lipinski definition) is 0. The molecule has 0 radical (unpaired) electrons. The smallest absolute Gasteiger partial charge is 0.258 e. The van der Waals surface area contributed by atoms with Crippen molar-refractivity contribution in [3.05, 3.63) is 39.7 Å². The van der Waals surface area contributed by atoms with Crippen molar-refractivity contribution in [1.29, 1.82) is 0 Å². The minimum Gasteiger partial charge on any atom is -0.497 e. The molecule has 1 aliphatic carbocycles. The van der Waals surface area contributed by atoms with Crippen molar-refractivity contribution >= 4 is 11.8 Å². The number of rotatable bonds is 3. The zero-order chi connectivity index (χ0) is 16.8. The molecule has 0 aliphatic heterocycles. The predicted molar refractivity (Wildman–Crippen MR) is 94.6 cm³/mol. The van der Waals surface area contributed by atoms with Crippen molar-refractivity contribution in [1.82, 2.24) is 9.55 Å². The van der Waals surface area contributed by atoms with Crippen molar-refractivity contribution in [3.8, 4) is 17.0 Å². The Morgan fingerprint density at radius 1 is 1.39 bits per heavy atom. The highest BCUT2D eigenvalue weighted by Gasteiger charge is 2.36. The molecule has 2 aromatic rings. The lowest BCUT2D eigenvalue weighted by molar-refractivity contribution is 0.414. The maximum atomic E-state index is 13.0. The summed E-state index contributed by atoms with van der Waals surface area (Å²) in [6.07, 6.45) is 0.830. The summed E-state index contributed by atoms with van der Waals surface area (Å²) in [7, 11) is 3.47. The summed E-state index contributed by atoms with van der Waals surface area (Å²) in [4.78, 5) is 17.8. The molecule has 0 fully saturated rings. The number of thioether (sulfide) groups is 1. The third kappa shape index (κ3) is 2.57. The van der Waals surface area contributed by atoms with Gasteiger partial charge in [-0.3, -0.25) is 9.36 Å². The molecule has 0 saturated carbocycles. The Morgan fingerprint density at radius 2 is 2.13 bits per heavy atom. The van der Waals surface area contributed by atoms with Crippen LogP contribution in [0.5, 0.6) is 5.75 Å². The molecule has 23 heavy (non-hydrogen) atoms. The van der Waals surface area contributed by atoms with E-state index in [1.54, 1.807) is 23.4 Å². The van der Waals surface area contributed by atoms with Gasteiger partial charge in [-0.2, -0.15) is 0 Å². The van der Waals surface area contributed by atoms with E-state index in [0.29, 0.717) is 0 Å². The van der Waals surface area contributed by atoms with Crippen molar-refractivity contribution in [3.63, 3.8) is 0 Å².